The Morgan fingerprint density at radius 1 is 0.939 bits per heavy atom. The molecule has 5 rings (SSSR count). The van der Waals surface area contributed by atoms with Gasteiger partial charge in [-0.2, -0.15) is 0 Å². The minimum Gasteiger partial charge on any atom is -0.308 e. The van der Waals surface area contributed by atoms with Gasteiger partial charge in [0.15, 0.2) is 4.87 Å². The van der Waals surface area contributed by atoms with Crippen LogP contribution in [0.2, 0.25) is 0 Å². The third-order valence-corrected chi connectivity index (χ3v) is 7.17. The van der Waals surface area contributed by atoms with Crippen molar-refractivity contribution in [1.82, 2.24) is 4.90 Å². The second-order valence-electron chi connectivity index (χ2n) is 7.76. The zero-order valence-corrected chi connectivity index (χ0v) is 18.0. The molecule has 3 amide bonds. The van der Waals surface area contributed by atoms with E-state index in [2.05, 4.69) is 5.32 Å². The van der Waals surface area contributed by atoms with Crippen LogP contribution < -0.4 is 10.2 Å². The molecule has 1 N–H and O–H groups in total. The van der Waals surface area contributed by atoms with E-state index in [1.165, 1.54) is 76.2 Å². The summed E-state index contributed by atoms with van der Waals surface area (Å²) in [5.41, 5.74) is 1.97. The van der Waals surface area contributed by atoms with Gasteiger partial charge in [-0.05, 0) is 60.2 Å². The lowest BCUT2D eigenvalue weighted by Gasteiger charge is -2.33. The number of nitrogens with zero attached hydrogens (tertiary/aromatic N) is 2. The fourth-order valence-corrected chi connectivity index (χ4v) is 5.69. The molecule has 33 heavy (non-hydrogen) atoms. The van der Waals surface area contributed by atoms with Crippen molar-refractivity contribution in [2.75, 3.05) is 22.5 Å². The van der Waals surface area contributed by atoms with Gasteiger partial charge in [-0.1, -0.05) is 12.1 Å². The second-order valence-corrected chi connectivity index (χ2v) is 9.05. The van der Waals surface area contributed by atoms with Gasteiger partial charge in [-0.15, -0.1) is 11.8 Å². The standard InChI is InChI=1S/C24H18F3N3O2S/c25-16-3-1-15(2-4-16)14-29-21-10-7-18(27)13-20(21)24(22(29)31)30(11-12-33-24)23(32)28-19-8-5-17(26)6-9-19/h1-10,13H,11-12,14H2,(H,28,32)/t24-/m0/s1. The van der Waals surface area contributed by atoms with E-state index in [4.69, 9.17) is 0 Å². The summed E-state index contributed by atoms with van der Waals surface area (Å²) in [6.07, 6.45) is 0. The molecule has 2 aliphatic heterocycles. The first-order valence-corrected chi connectivity index (χ1v) is 11.2. The Morgan fingerprint density at radius 2 is 1.58 bits per heavy atom. The average molecular weight is 469 g/mol. The highest BCUT2D eigenvalue weighted by Gasteiger charge is 2.59. The van der Waals surface area contributed by atoms with Crippen molar-refractivity contribution in [2.45, 2.75) is 11.4 Å². The largest absolute Gasteiger partial charge is 0.323 e. The van der Waals surface area contributed by atoms with Crippen LogP contribution in [0.4, 0.5) is 29.3 Å². The van der Waals surface area contributed by atoms with Gasteiger partial charge in [-0.25, -0.2) is 18.0 Å². The number of hydrogen-bond donors (Lipinski definition) is 1. The molecule has 9 heteroatoms. The lowest BCUT2D eigenvalue weighted by atomic mass is 10.1. The molecule has 0 radical (unpaired) electrons. The number of nitrogens with one attached hydrogen (secondary N) is 1. The van der Waals surface area contributed by atoms with Crippen LogP contribution in [0, 0.1) is 17.5 Å². The quantitative estimate of drug-likeness (QED) is 0.582. The van der Waals surface area contributed by atoms with Crippen molar-refractivity contribution in [3.63, 3.8) is 0 Å². The van der Waals surface area contributed by atoms with Crippen molar-refractivity contribution in [1.29, 1.82) is 0 Å². The number of carbonyl (C=O) groups is 2. The number of benzene rings is 3. The molecule has 3 aromatic rings. The first kappa shape index (κ1) is 21.4. The van der Waals surface area contributed by atoms with E-state index >= 15 is 0 Å². The Labute approximate surface area is 192 Å². The Morgan fingerprint density at radius 3 is 2.27 bits per heavy atom. The maximum absolute atomic E-state index is 14.3. The predicted octanol–water partition coefficient (Wildman–Crippen LogP) is 5.08. The summed E-state index contributed by atoms with van der Waals surface area (Å²) < 4.78 is 40.9. The smallest absolute Gasteiger partial charge is 0.308 e. The molecular formula is C24H18F3N3O2S. The van der Waals surface area contributed by atoms with E-state index in [9.17, 15) is 22.8 Å². The molecule has 1 saturated heterocycles. The van der Waals surface area contributed by atoms with Crippen LogP contribution in [0.3, 0.4) is 0 Å². The monoisotopic (exact) mass is 469 g/mol. The molecule has 0 bridgehead atoms. The van der Waals surface area contributed by atoms with E-state index in [0.29, 0.717) is 28.3 Å². The van der Waals surface area contributed by atoms with Gasteiger partial charge < -0.3 is 10.2 Å². The highest BCUT2D eigenvalue weighted by atomic mass is 32.2. The SMILES string of the molecule is O=C(Nc1ccc(F)cc1)N1CCS[C@@]12C(=O)N(Cc1ccc(F)cc1)c1ccc(F)cc12. The van der Waals surface area contributed by atoms with Crippen LogP contribution in [0.5, 0.6) is 0 Å². The number of urea groups is 1. The van der Waals surface area contributed by atoms with Gasteiger partial charge in [0.25, 0.3) is 5.91 Å². The minimum absolute atomic E-state index is 0.146. The summed E-state index contributed by atoms with van der Waals surface area (Å²) in [5.74, 6) is -1.24. The van der Waals surface area contributed by atoms with Gasteiger partial charge in [0.05, 0.1) is 12.2 Å². The van der Waals surface area contributed by atoms with Gasteiger partial charge >= 0.3 is 6.03 Å². The van der Waals surface area contributed by atoms with Crippen LogP contribution in [0.25, 0.3) is 0 Å². The number of amides is 3. The number of halogens is 3. The summed E-state index contributed by atoms with van der Waals surface area (Å²) in [4.78, 5) is 28.5. The van der Waals surface area contributed by atoms with Gasteiger partial charge in [-0.3, -0.25) is 9.69 Å². The molecule has 1 fully saturated rings. The highest BCUT2D eigenvalue weighted by Crippen LogP contribution is 2.54. The van der Waals surface area contributed by atoms with Crippen molar-refractivity contribution in [2.24, 2.45) is 0 Å². The fourth-order valence-electron chi connectivity index (χ4n) is 4.24. The fraction of sp³-hybridized carbons (Fsp3) is 0.167. The number of carbonyl (C=O) groups excluding carboxylic acids is 2. The lowest BCUT2D eigenvalue weighted by molar-refractivity contribution is -0.123. The predicted molar refractivity (Wildman–Crippen MR) is 120 cm³/mol. The third kappa shape index (κ3) is 3.62. The number of hydrogen-bond acceptors (Lipinski definition) is 3. The van der Waals surface area contributed by atoms with Crippen LogP contribution in [0.15, 0.2) is 66.7 Å². The number of fused-ring (bicyclic) bond motifs is 2. The summed E-state index contributed by atoms with van der Waals surface area (Å²) >= 11 is 1.27. The van der Waals surface area contributed by atoms with Gasteiger partial charge in [0.1, 0.15) is 17.5 Å². The number of rotatable bonds is 3. The van der Waals surface area contributed by atoms with E-state index in [1.54, 1.807) is 12.1 Å². The average Bonchev–Trinajstić information content (AvgIpc) is 3.34. The summed E-state index contributed by atoms with van der Waals surface area (Å²) in [6.45, 7) is 0.414. The molecule has 2 heterocycles. The zero-order valence-electron chi connectivity index (χ0n) is 17.2. The highest BCUT2D eigenvalue weighted by molar-refractivity contribution is 8.01. The first-order chi connectivity index (χ1) is 15.9. The van der Waals surface area contributed by atoms with E-state index in [-0.39, 0.29) is 24.8 Å². The molecule has 3 aromatic carbocycles. The van der Waals surface area contributed by atoms with Crippen molar-refractivity contribution < 1.29 is 22.8 Å². The van der Waals surface area contributed by atoms with Gasteiger partial charge in [0.2, 0.25) is 0 Å². The van der Waals surface area contributed by atoms with Crippen molar-refractivity contribution in [3.8, 4) is 0 Å². The molecule has 0 aliphatic carbocycles. The maximum atomic E-state index is 14.3. The van der Waals surface area contributed by atoms with E-state index in [0.717, 1.165) is 0 Å². The molecule has 0 saturated carbocycles. The van der Waals surface area contributed by atoms with Crippen LogP contribution in [-0.2, 0) is 16.2 Å². The van der Waals surface area contributed by atoms with Gasteiger partial charge in [0, 0.05) is 23.5 Å². The summed E-state index contributed by atoms with van der Waals surface area (Å²) in [7, 11) is 0. The molecule has 5 nitrogen and oxygen atoms in total. The Hall–Kier alpha value is -3.46. The minimum atomic E-state index is -1.43. The second kappa shape index (κ2) is 8.15. The Kier molecular flexibility index (Phi) is 5.28. The molecule has 1 spiro atoms. The third-order valence-electron chi connectivity index (χ3n) is 5.75. The molecular weight excluding hydrogens is 451 g/mol. The molecule has 0 unspecified atom stereocenters. The van der Waals surface area contributed by atoms with Crippen LogP contribution in [-0.4, -0.2) is 29.1 Å². The summed E-state index contributed by atoms with van der Waals surface area (Å²) in [6, 6.07) is 14.6. The molecule has 168 valence electrons. The topological polar surface area (TPSA) is 52.7 Å². The van der Waals surface area contributed by atoms with E-state index in [1.807, 2.05) is 0 Å². The first-order valence-electron chi connectivity index (χ1n) is 10.2. The molecule has 2 aliphatic rings. The summed E-state index contributed by atoms with van der Waals surface area (Å²) in [5, 5.41) is 2.70. The molecule has 0 aromatic heterocycles. The number of thioether (sulfide) groups is 1. The normalized spacial score (nSPS) is 19.3. The van der Waals surface area contributed by atoms with E-state index < -0.39 is 22.5 Å². The lowest BCUT2D eigenvalue weighted by Crippen LogP contribution is -2.51. The Balaban J connectivity index is 1.52. The number of anilines is 2. The van der Waals surface area contributed by atoms with Crippen molar-refractivity contribution >= 4 is 35.1 Å². The Bertz CT molecular complexity index is 1240. The maximum Gasteiger partial charge on any atom is 0.323 e. The van der Waals surface area contributed by atoms with Crippen LogP contribution >= 0.6 is 11.8 Å². The molecule has 1 atom stereocenters. The zero-order chi connectivity index (χ0) is 23.2. The van der Waals surface area contributed by atoms with Crippen molar-refractivity contribution in [3.05, 3.63) is 95.3 Å². The van der Waals surface area contributed by atoms with Crippen LogP contribution in [0.1, 0.15) is 11.1 Å².